The molecule has 1 N–H and O–H groups in total. The van der Waals surface area contributed by atoms with Crippen LogP contribution in [0.25, 0.3) is 6.08 Å². The molecule has 0 aliphatic heterocycles. The molecule has 0 spiro atoms. The zero-order chi connectivity index (χ0) is 8.27. The van der Waals surface area contributed by atoms with Gasteiger partial charge in [0.25, 0.3) is 0 Å². The molecule has 1 aromatic carbocycles. The van der Waals surface area contributed by atoms with Crippen molar-refractivity contribution >= 4 is 28.7 Å². The zero-order valence-corrected chi connectivity index (χ0v) is 8.08. The molecule has 0 fully saturated rings. The fraction of sp³-hybridized carbons (Fsp3) is 0. The van der Waals surface area contributed by atoms with E-state index < -0.39 is 0 Å². The summed E-state index contributed by atoms with van der Waals surface area (Å²) in [5, 5.41) is 8.80. The van der Waals surface area contributed by atoms with Crippen molar-refractivity contribution in [3.05, 3.63) is 46.1 Å². The molecule has 0 saturated heterocycles. The highest BCUT2D eigenvalue weighted by Crippen LogP contribution is 2.18. The molecule has 1 aromatic rings. The maximum atomic E-state index is 8.80. The third kappa shape index (κ3) is 1.81. The molecule has 0 atom stereocenters. The van der Waals surface area contributed by atoms with Crippen molar-refractivity contribution in [3.63, 3.8) is 0 Å². The predicted molar refractivity (Wildman–Crippen MR) is 54.6 cm³/mol. The van der Waals surface area contributed by atoms with Gasteiger partial charge in [-0.1, -0.05) is 24.8 Å². The van der Waals surface area contributed by atoms with Gasteiger partial charge in [-0.15, -0.1) is 0 Å². The average Bonchev–Trinajstić information content (AvgIpc) is 2.04. The first-order valence-electron chi connectivity index (χ1n) is 3.18. The van der Waals surface area contributed by atoms with E-state index in [9.17, 15) is 0 Å². The molecule has 0 aliphatic rings. The van der Waals surface area contributed by atoms with Crippen LogP contribution in [0.5, 0.6) is 0 Å². The number of hydrogen-bond acceptors (Lipinski definition) is 1. The molecular formula is C9H8IO. The number of rotatable bonds is 2. The minimum absolute atomic E-state index is 0.812. The Balaban J connectivity index is 3.24. The van der Waals surface area contributed by atoms with Crippen molar-refractivity contribution in [3.8, 4) is 0 Å². The molecule has 0 unspecified atom stereocenters. The van der Waals surface area contributed by atoms with Crippen LogP contribution < -0.4 is 0 Å². The standard InChI is InChI=1S/C9H8IO/c1-2-8-7(6-11)4-3-5-9(8)10/h2-6,11H,1H2. The van der Waals surface area contributed by atoms with Crippen LogP contribution in [0, 0.1) is 10.2 Å². The normalized spacial score (nSPS) is 9.64. The zero-order valence-electron chi connectivity index (χ0n) is 5.92. The predicted octanol–water partition coefficient (Wildman–Crippen LogP) is 2.82. The summed E-state index contributed by atoms with van der Waals surface area (Å²) in [4.78, 5) is 0. The van der Waals surface area contributed by atoms with Gasteiger partial charge < -0.3 is 5.11 Å². The molecule has 1 radical (unpaired) electrons. The Morgan fingerprint density at radius 2 is 2.18 bits per heavy atom. The van der Waals surface area contributed by atoms with Crippen LogP contribution in [-0.4, -0.2) is 5.11 Å². The number of hydrogen-bond donors (Lipinski definition) is 1. The fourth-order valence-electron chi connectivity index (χ4n) is 0.882. The van der Waals surface area contributed by atoms with Crippen molar-refractivity contribution < 1.29 is 5.11 Å². The highest BCUT2D eigenvalue weighted by Gasteiger charge is 2.00. The van der Waals surface area contributed by atoms with E-state index in [4.69, 9.17) is 5.11 Å². The van der Waals surface area contributed by atoms with Gasteiger partial charge in [0.05, 0.1) is 0 Å². The summed E-state index contributed by atoms with van der Waals surface area (Å²) in [5.74, 6) is 0. The Morgan fingerprint density at radius 1 is 1.45 bits per heavy atom. The molecule has 1 rings (SSSR count). The summed E-state index contributed by atoms with van der Waals surface area (Å²) in [7, 11) is 0. The third-order valence-electron chi connectivity index (χ3n) is 1.43. The van der Waals surface area contributed by atoms with Gasteiger partial charge in [0.15, 0.2) is 0 Å². The quantitative estimate of drug-likeness (QED) is 0.809. The van der Waals surface area contributed by atoms with Crippen LogP contribution in [0.2, 0.25) is 0 Å². The van der Waals surface area contributed by atoms with E-state index in [1.807, 2.05) is 18.2 Å². The highest BCUT2D eigenvalue weighted by atomic mass is 127. The Hall–Kier alpha value is -0.350. The van der Waals surface area contributed by atoms with E-state index in [-0.39, 0.29) is 0 Å². The molecule has 57 valence electrons. The molecule has 0 saturated carbocycles. The lowest BCUT2D eigenvalue weighted by Gasteiger charge is -2.02. The molecule has 11 heavy (non-hydrogen) atoms. The van der Waals surface area contributed by atoms with Crippen LogP contribution in [0.15, 0.2) is 24.8 Å². The maximum absolute atomic E-state index is 8.80. The number of aliphatic hydroxyl groups is 1. The summed E-state index contributed by atoms with van der Waals surface area (Å²) in [5.41, 5.74) is 1.79. The van der Waals surface area contributed by atoms with Crippen molar-refractivity contribution in [2.75, 3.05) is 0 Å². The molecule has 0 bridgehead atoms. The molecule has 0 aromatic heterocycles. The van der Waals surface area contributed by atoms with Crippen molar-refractivity contribution in [2.45, 2.75) is 0 Å². The van der Waals surface area contributed by atoms with Crippen LogP contribution in [0.4, 0.5) is 0 Å². The van der Waals surface area contributed by atoms with Crippen molar-refractivity contribution in [2.24, 2.45) is 0 Å². The fourth-order valence-corrected chi connectivity index (χ4v) is 1.62. The van der Waals surface area contributed by atoms with Gasteiger partial charge in [-0.2, -0.15) is 0 Å². The van der Waals surface area contributed by atoms with Gasteiger partial charge >= 0.3 is 0 Å². The lowest BCUT2D eigenvalue weighted by atomic mass is 10.1. The third-order valence-corrected chi connectivity index (χ3v) is 2.37. The molecule has 1 nitrogen and oxygen atoms in total. The van der Waals surface area contributed by atoms with Gasteiger partial charge in [-0.25, -0.2) is 0 Å². The average molecular weight is 259 g/mol. The SMILES string of the molecule is C=Cc1c(I)cccc1[CH]O. The first-order valence-corrected chi connectivity index (χ1v) is 4.26. The van der Waals surface area contributed by atoms with Crippen molar-refractivity contribution in [1.29, 1.82) is 0 Å². The van der Waals surface area contributed by atoms with Gasteiger partial charge in [-0.05, 0) is 39.8 Å². The van der Waals surface area contributed by atoms with Crippen molar-refractivity contribution in [1.82, 2.24) is 0 Å². The van der Waals surface area contributed by atoms with Crippen LogP contribution >= 0.6 is 22.6 Å². The summed E-state index contributed by atoms with van der Waals surface area (Å²) in [6.45, 7) is 4.76. The molecule has 0 heterocycles. The maximum Gasteiger partial charge on any atom is 0.110 e. The van der Waals surface area contributed by atoms with E-state index in [0.29, 0.717) is 0 Å². The summed E-state index contributed by atoms with van der Waals surface area (Å²) < 4.78 is 1.10. The summed E-state index contributed by atoms with van der Waals surface area (Å²) in [6, 6.07) is 5.72. The Labute approximate surface area is 79.9 Å². The Bertz CT molecular complexity index is 268. The molecule has 0 aliphatic carbocycles. The molecule has 2 heteroatoms. The lowest BCUT2D eigenvalue weighted by molar-refractivity contribution is 0.414. The monoisotopic (exact) mass is 259 g/mol. The van der Waals surface area contributed by atoms with E-state index in [2.05, 4.69) is 29.2 Å². The van der Waals surface area contributed by atoms with Gasteiger partial charge in [0.2, 0.25) is 0 Å². The second kappa shape index (κ2) is 3.88. The van der Waals surface area contributed by atoms with Crippen LogP contribution in [0.3, 0.4) is 0 Å². The van der Waals surface area contributed by atoms with E-state index in [1.54, 1.807) is 6.08 Å². The first-order chi connectivity index (χ1) is 5.29. The topological polar surface area (TPSA) is 20.2 Å². The second-order valence-electron chi connectivity index (χ2n) is 2.08. The minimum Gasteiger partial charge on any atom is -0.385 e. The summed E-state index contributed by atoms with van der Waals surface area (Å²) >= 11 is 2.21. The Morgan fingerprint density at radius 3 is 2.64 bits per heavy atom. The van der Waals surface area contributed by atoms with E-state index in [1.165, 1.54) is 0 Å². The highest BCUT2D eigenvalue weighted by molar-refractivity contribution is 14.1. The molecular weight excluding hydrogens is 251 g/mol. The first kappa shape index (κ1) is 8.74. The van der Waals surface area contributed by atoms with E-state index >= 15 is 0 Å². The van der Waals surface area contributed by atoms with Gasteiger partial charge in [0, 0.05) is 3.57 Å². The Kier molecular flexibility index (Phi) is 3.08. The smallest absolute Gasteiger partial charge is 0.110 e. The minimum atomic E-state index is 0.812. The second-order valence-corrected chi connectivity index (χ2v) is 3.24. The number of benzene rings is 1. The van der Waals surface area contributed by atoms with Gasteiger partial charge in [-0.3, -0.25) is 0 Å². The van der Waals surface area contributed by atoms with Crippen LogP contribution in [0.1, 0.15) is 11.1 Å². The van der Waals surface area contributed by atoms with Crippen LogP contribution in [-0.2, 0) is 0 Å². The van der Waals surface area contributed by atoms with E-state index in [0.717, 1.165) is 21.3 Å². The summed E-state index contributed by atoms with van der Waals surface area (Å²) in [6.07, 6.45) is 1.74. The largest absolute Gasteiger partial charge is 0.385 e. The number of aliphatic hydroxyl groups excluding tert-OH is 1. The van der Waals surface area contributed by atoms with Gasteiger partial charge in [0.1, 0.15) is 6.61 Å². The molecule has 0 amide bonds. The lowest BCUT2D eigenvalue weighted by Crippen LogP contribution is -1.88. The number of halogens is 1.